The summed E-state index contributed by atoms with van der Waals surface area (Å²) in [5.41, 5.74) is 3.30. The number of aromatic nitrogens is 3. The summed E-state index contributed by atoms with van der Waals surface area (Å²) in [5, 5.41) is 9.01. The minimum absolute atomic E-state index is 0.209. The maximum absolute atomic E-state index is 4.38. The molecule has 102 valence electrons. The van der Waals surface area contributed by atoms with Gasteiger partial charge in [-0.05, 0) is 38.1 Å². The van der Waals surface area contributed by atoms with Crippen LogP contribution in [0.3, 0.4) is 0 Å². The van der Waals surface area contributed by atoms with Crippen LogP contribution >= 0.6 is 0 Å². The van der Waals surface area contributed by atoms with Crippen LogP contribution in [0.5, 0.6) is 0 Å². The number of hydrogen-bond acceptors (Lipinski definition) is 3. The Labute approximate surface area is 118 Å². The van der Waals surface area contributed by atoms with Gasteiger partial charge in [0, 0.05) is 35.6 Å². The van der Waals surface area contributed by atoms with Gasteiger partial charge >= 0.3 is 0 Å². The van der Waals surface area contributed by atoms with Crippen LogP contribution in [0.2, 0.25) is 0 Å². The second-order valence-electron chi connectivity index (χ2n) is 4.87. The standard InChI is InChI=1S/C16H18N4/c1-3-20-11-13(10-18-20)12(2)19-16-8-4-7-15-14(16)6-5-9-17-15/h4-12,19H,3H2,1-2H3. The molecule has 0 saturated heterocycles. The van der Waals surface area contributed by atoms with E-state index in [-0.39, 0.29) is 6.04 Å². The van der Waals surface area contributed by atoms with Gasteiger partial charge in [-0.1, -0.05) is 6.07 Å². The number of hydrogen-bond donors (Lipinski definition) is 1. The van der Waals surface area contributed by atoms with Crippen molar-refractivity contribution in [2.75, 3.05) is 5.32 Å². The fraction of sp³-hybridized carbons (Fsp3) is 0.250. The summed E-state index contributed by atoms with van der Waals surface area (Å²) in [6, 6.07) is 10.4. The highest BCUT2D eigenvalue weighted by molar-refractivity contribution is 5.91. The van der Waals surface area contributed by atoms with Crippen molar-refractivity contribution in [1.82, 2.24) is 14.8 Å². The molecule has 0 radical (unpaired) electrons. The molecular formula is C16H18N4. The number of nitrogens with one attached hydrogen (secondary N) is 1. The van der Waals surface area contributed by atoms with Gasteiger partial charge < -0.3 is 5.32 Å². The Bertz CT molecular complexity index is 712. The molecule has 20 heavy (non-hydrogen) atoms. The van der Waals surface area contributed by atoms with Crippen LogP contribution in [0.1, 0.15) is 25.5 Å². The molecule has 0 aliphatic heterocycles. The first-order valence-corrected chi connectivity index (χ1v) is 6.90. The van der Waals surface area contributed by atoms with E-state index in [0.717, 1.165) is 23.1 Å². The van der Waals surface area contributed by atoms with E-state index in [9.17, 15) is 0 Å². The van der Waals surface area contributed by atoms with Crippen molar-refractivity contribution in [1.29, 1.82) is 0 Å². The Hall–Kier alpha value is -2.36. The van der Waals surface area contributed by atoms with Gasteiger partial charge in [0.05, 0.1) is 17.8 Å². The predicted molar refractivity (Wildman–Crippen MR) is 81.7 cm³/mol. The molecule has 0 saturated carbocycles. The first-order valence-electron chi connectivity index (χ1n) is 6.90. The smallest absolute Gasteiger partial charge is 0.0722 e. The second kappa shape index (κ2) is 5.33. The molecule has 0 aliphatic carbocycles. The first-order chi connectivity index (χ1) is 9.78. The summed E-state index contributed by atoms with van der Waals surface area (Å²) in [4.78, 5) is 4.38. The summed E-state index contributed by atoms with van der Waals surface area (Å²) < 4.78 is 1.94. The Morgan fingerprint density at radius 2 is 2.15 bits per heavy atom. The number of fused-ring (bicyclic) bond motifs is 1. The molecule has 1 N–H and O–H groups in total. The van der Waals surface area contributed by atoms with Crippen LogP contribution in [-0.2, 0) is 6.54 Å². The molecule has 0 fully saturated rings. The van der Waals surface area contributed by atoms with Crippen molar-refractivity contribution in [2.45, 2.75) is 26.4 Å². The highest BCUT2D eigenvalue weighted by atomic mass is 15.3. The van der Waals surface area contributed by atoms with E-state index < -0.39 is 0 Å². The average Bonchev–Trinajstić information content (AvgIpc) is 2.97. The lowest BCUT2D eigenvalue weighted by Gasteiger charge is -2.15. The average molecular weight is 266 g/mol. The molecule has 4 nitrogen and oxygen atoms in total. The molecule has 2 aromatic heterocycles. The van der Waals surface area contributed by atoms with Crippen molar-refractivity contribution < 1.29 is 0 Å². The van der Waals surface area contributed by atoms with Crippen molar-refractivity contribution in [3.63, 3.8) is 0 Å². The number of anilines is 1. The third-order valence-corrected chi connectivity index (χ3v) is 3.49. The zero-order chi connectivity index (χ0) is 13.9. The third kappa shape index (κ3) is 2.37. The van der Waals surface area contributed by atoms with Gasteiger partial charge in [-0.25, -0.2) is 0 Å². The molecule has 0 spiro atoms. The second-order valence-corrected chi connectivity index (χ2v) is 4.87. The summed E-state index contributed by atoms with van der Waals surface area (Å²) >= 11 is 0. The van der Waals surface area contributed by atoms with Crippen LogP contribution in [0.4, 0.5) is 5.69 Å². The molecule has 0 aliphatic rings. The summed E-state index contributed by atoms with van der Waals surface area (Å²) in [5.74, 6) is 0. The quantitative estimate of drug-likeness (QED) is 0.784. The van der Waals surface area contributed by atoms with Crippen LogP contribution in [-0.4, -0.2) is 14.8 Å². The Kier molecular flexibility index (Phi) is 3.37. The largest absolute Gasteiger partial charge is 0.378 e. The number of nitrogens with zero attached hydrogens (tertiary/aromatic N) is 3. The lowest BCUT2D eigenvalue weighted by molar-refractivity contribution is 0.658. The van der Waals surface area contributed by atoms with Crippen molar-refractivity contribution in [2.24, 2.45) is 0 Å². The van der Waals surface area contributed by atoms with Gasteiger partial charge in [0.15, 0.2) is 0 Å². The molecule has 0 amide bonds. The van der Waals surface area contributed by atoms with Gasteiger partial charge in [0.1, 0.15) is 0 Å². The highest BCUT2D eigenvalue weighted by Crippen LogP contribution is 2.25. The molecule has 3 aromatic rings. The van der Waals surface area contributed by atoms with Gasteiger partial charge in [0.25, 0.3) is 0 Å². The van der Waals surface area contributed by atoms with Gasteiger partial charge in [-0.15, -0.1) is 0 Å². The number of rotatable bonds is 4. The van der Waals surface area contributed by atoms with Gasteiger partial charge in [-0.3, -0.25) is 9.67 Å². The van der Waals surface area contributed by atoms with E-state index in [2.05, 4.69) is 47.6 Å². The fourth-order valence-electron chi connectivity index (χ4n) is 2.32. The summed E-state index contributed by atoms with van der Waals surface area (Å²) in [6.45, 7) is 5.13. The zero-order valence-corrected chi connectivity index (χ0v) is 11.7. The summed E-state index contributed by atoms with van der Waals surface area (Å²) in [6.07, 6.45) is 5.83. The van der Waals surface area contributed by atoms with E-state index in [1.165, 1.54) is 5.56 Å². The van der Waals surface area contributed by atoms with Gasteiger partial charge in [-0.2, -0.15) is 5.10 Å². The summed E-state index contributed by atoms with van der Waals surface area (Å²) in [7, 11) is 0. The molecule has 2 heterocycles. The van der Waals surface area contributed by atoms with E-state index in [4.69, 9.17) is 0 Å². The fourth-order valence-corrected chi connectivity index (χ4v) is 2.32. The lowest BCUT2D eigenvalue weighted by Crippen LogP contribution is -2.06. The van der Waals surface area contributed by atoms with Gasteiger partial charge in [0.2, 0.25) is 0 Å². The molecule has 1 atom stereocenters. The molecule has 1 unspecified atom stereocenters. The lowest BCUT2D eigenvalue weighted by atomic mass is 10.1. The van der Waals surface area contributed by atoms with E-state index in [0.29, 0.717) is 0 Å². The first kappa shape index (κ1) is 12.7. The number of pyridine rings is 1. The number of benzene rings is 1. The van der Waals surface area contributed by atoms with Crippen molar-refractivity contribution >= 4 is 16.6 Å². The predicted octanol–water partition coefficient (Wildman–Crippen LogP) is 3.62. The van der Waals surface area contributed by atoms with E-state index in [1.807, 2.05) is 35.3 Å². The Balaban J connectivity index is 1.89. The monoisotopic (exact) mass is 266 g/mol. The van der Waals surface area contributed by atoms with Crippen LogP contribution in [0.15, 0.2) is 48.9 Å². The van der Waals surface area contributed by atoms with E-state index in [1.54, 1.807) is 0 Å². The minimum Gasteiger partial charge on any atom is -0.378 e. The molecule has 0 bridgehead atoms. The number of aryl methyl sites for hydroxylation is 1. The minimum atomic E-state index is 0.209. The van der Waals surface area contributed by atoms with Crippen molar-refractivity contribution in [3.05, 3.63) is 54.5 Å². The van der Waals surface area contributed by atoms with Crippen LogP contribution < -0.4 is 5.32 Å². The molecule has 3 rings (SSSR count). The Morgan fingerprint density at radius 1 is 1.25 bits per heavy atom. The molecule has 4 heteroatoms. The van der Waals surface area contributed by atoms with Crippen LogP contribution in [0.25, 0.3) is 10.9 Å². The maximum atomic E-state index is 4.38. The van der Waals surface area contributed by atoms with Crippen LogP contribution in [0, 0.1) is 0 Å². The SMILES string of the molecule is CCn1cc(C(C)Nc2cccc3ncccc23)cn1. The Morgan fingerprint density at radius 3 is 2.95 bits per heavy atom. The normalized spacial score (nSPS) is 12.5. The molecular weight excluding hydrogens is 248 g/mol. The third-order valence-electron chi connectivity index (χ3n) is 3.49. The molecule has 1 aromatic carbocycles. The zero-order valence-electron chi connectivity index (χ0n) is 11.7. The topological polar surface area (TPSA) is 42.7 Å². The maximum Gasteiger partial charge on any atom is 0.0722 e. The highest BCUT2D eigenvalue weighted by Gasteiger charge is 2.09. The van der Waals surface area contributed by atoms with E-state index >= 15 is 0 Å². The van der Waals surface area contributed by atoms with Crippen molar-refractivity contribution in [3.8, 4) is 0 Å².